The van der Waals surface area contributed by atoms with Gasteiger partial charge in [0.1, 0.15) is 58.0 Å². The van der Waals surface area contributed by atoms with Gasteiger partial charge in [0.15, 0.2) is 0 Å². The summed E-state index contributed by atoms with van der Waals surface area (Å²) in [4.78, 5) is 50.3. The molecule has 6 aliphatic rings. The monoisotopic (exact) mass is 1140 g/mol. The highest BCUT2D eigenvalue weighted by Gasteiger charge is 2.37. The number of benzene rings is 5. The molecule has 6 heterocycles. The van der Waals surface area contributed by atoms with Gasteiger partial charge in [0.2, 0.25) is 0 Å². The fourth-order valence-corrected chi connectivity index (χ4v) is 8.79. The number of urea groups is 2. The van der Waals surface area contributed by atoms with E-state index in [-0.39, 0.29) is 59.6 Å². The van der Waals surface area contributed by atoms with Crippen molar-refractivity contribution in [2.75, 3.05) is 31.9 Å². The first kappa shape index (κ1) is 51.8. The molecule has 4 amide bonds. The summed E-state index contributed by atoms with van der Waals surface area (Å²) < 4.78 is 104. The van der Waals surface area contributed by atoms with E-state index in [4.69, 9.17) is 20.3 Å². The van der Waals surface area contributed by atoms with Crippen molar-refractivity contribution >= 4 is 80.1 Å². The maximum Gasteiger partial charge on any atom is 0.341 e. The van der Waals surface area contributed by atoms with Gasteiger partial charge in [0.25, 0.3) is 0 Å². The number of phenols is 1. The third kappa shape index (κ3) is 12.1. The molecule has 5 aromatic rings. The number of fused-ring (bicyclic) bond motifs is 2. The highest BCUT2D eigenvalue weighted by Crippen LogP contribution is 2.36. The van der Waals surface area contributed by atoms with Gasteiger partial charge in [-0.1, -0.05) is 6.58 Å². The zero-order valence-electron chi connectivity index (χ0n) is 37.7. The number of hydrogen-bond donors (Lipinski definition) is 2. The Bertz CT molecular complexity index is 3060. The average molecular weight is 1140 g/mol. The molecule has 11 rings (SSSR count). The summed E-state index contributed by atoms with van der Waals surface area (Å²) in [6, 6.07) is 12.5. The molecule has 0 unspecified atom stereocenters. The first-order chi connectivity index (χ1) is 34.7. The number of nitrogens with zero attached hydrogens (tertiary/aromatic N) is 6. The van der Waals surface area contributed by atoms with Crippen molar-refractivity contribution in [2.45, 2.75) is 37.8 Å². The lowest BCUT2D eigenvalue weighted by Crippen LogP contribution is -2.49. The van der Waals surface area contributed by atoms with E-state index in [1.165, 1.54) is 63.6 Å². The van der Waals surface area contributed by atoms with Gasteiger partial charge in [-0.15, -0.1) is 0 Å². The minimum absolute atomic E-state index is 0.103. The Morgan fingerprint density at radius 2 is 1.07 bits per heavy atom. The first-order valence-corrected chi connectivity index (χ1v) is 23.4. The number of amides is 4. The van der Waals surface area contributed by atoms with Crippen molar-refractivity contribution in [2.24, 2.45) is 10.2 Å². The largest absolute Gasteiger partial charge is 0.506 e. The molecule has 5 aromatic carbocycles. The summed E-state index contributed by atoms with van der Waals surface area (Å²) in [5.41, 5.74) is 9.63. The van der Waals surface area contributed by atoms with E-state index >= 15 is 0 Å². The number of likely N-dealkylation sites (tertiary alicyclic amines) is 2. The Kier molecular flexibility index (Phi) is 15.4. The van der Waals surface area contributed by atoms with Crippen LogP contribution in [0.15, 0.2) is 110 Å². The van der Waals surface area contributed by atoms with Crippen molar-refractivity contribution in [3.05, 3.63) is 168 Å². The van der Waals surface area contributed by atoms with E-state index in [1.807, 2.05) is 0 Å². The Morgan fingerprint density at radius 1 is 0.630 bits per heavy atom. The number of aromatic hydroxyl groups is 1. The molecule has 0 bridgehead atoms. The van der Waals surface area contributed by atoms with Gasteiger partial charge in [-0.25, -0.2) is 50.3 Å². The molecule has 0 aromatic heterocycles. The lowest BCUT2D eigenvalue weighted by atomic mass is 10.0. The SMILES string of the molecule is C=C1CN(C(=O)N2N=CC[C@H]2c2cc(F)cc(F)c2)C1.Nc1cc(Br)c(F)cc1O.O=C1Cc2cc(Br)c(F)cc2O1.O=C1Cc2cc(C=C3CN(C(=O)N4N=CC[C@H]4c4cc(F)cc(F)c4)C3)c(F)cc2O1. The second-order valence-electron chi connectivity index (χ2n) is 17.0. The molecule has 14 nitrogen and oxygen atoms in total. The molecule has 2 fully saturated rings. The third-order valence-corrected chi connectivity index (χ3v) is 12.8. The highest BCUT2D eigenvalue weighted by molar-refractivity contribution is 9.10. The fraction of sp³-hybridized carbons (Fsp3) is 0.200. The number of ether oxygens (including phenoxy) is 2. The van der Waals surface area contributed by atoms with Crippen molar-refractivity contribution in [1.29, 1.82) is 0 Å². The number of halogens is 9. The van der Waals surface area contributed by atoms with Gasteiger partial charge < -0.3 is 30.1 Å². The van der Waals surface area contributed by atoms with E-state index < -0.39 is 64.8 Å². The summed E-state index contributed by atoms with van der Waals surface area (Å²) in [6.07, 6.45) is 5.90. The quantitative estimate of drug-likeness (QED) is 0.0449. The van der Waals surface area contributed by atoms with E-state index in [0.29, 0.717) is 58.4 Å². The summed E-state index contributed by atoms with van der Waals surface area (Å²) in [6.45, 7) is 5.35. The predicted molar refractivity (Wildman–Crippen MR) is 259 cm³/mol. The molecule has 73 heavy (non-hydrogen) atoms. The van der Waals surface area contributed by atoms with Gasteiger partial charge in [-0.2, -0.15) is 10.2 Å². The Morgan fingerprint density at radius 3 is 1.55 bits per heavy atom. The molecule has 2 atom stereocenters. The zero-order valence-corrected chi connectivity index (χ0v) is 40.9. The number of carbonyl (C=O) groups excluding carboxylic acids is 4. The van der Waals surface area contributed by atoms with Crippen LogP contribution in [-0.2, 0) is 22.4 Å². The smallest absolute Gasteiger partial charge is 0.341 e. The minimum atomic E-state index is -0.716. The standard InChI is InChI=1S/C22H16F3N3O3.C14H13F2N3O.C8H4BrFO2.C6H5BrFNO/c23-16-5-14(6-17(24)8-16)19-1-2-26-28(19)22(30)27-10-12(11-27)3-13-4-15-7-21(29)31-20(15)9-18(13)25;1-9-7-18(8-9)14(20)19-13(2-3-17-19)10-4-11(15)6-12(16)5-10;9-5-1-4-2-8(11)12-7(4)3-6(5)10;7-3-1-5(9)6(10)2-4(3)8/h2-6,8-9,19H,1,7,10-11H2;3-6,13H,1-2,7-8H2;1,3H,2H2;1-2,10H,9H2/t19-;13-;;/m00../s1. The Hall–Kier alpha value is -7.53. The van der Waals surface area contributed by atoms with Crippen LogP contribution < -0.4 is 15.2 Å². The molecule has 3 N–H and O–H groups in total. The second kappa shape index (κ2) is 21.7. The van der Waals surface area contributed by atoms with Crippen LogP contribution >= 0.6 is 31.9 Å². The number of nitrogen functional groups attached to an aromatic ring is 1. The molecule has 378 valence electrons. The molecule has 23 heteroatoms. The van der Waals surface area contributed by atoms with Crippen LogP contribution in [-0.4, -0.2) is 87.5 Å². The van der Waals surface area contributed by atoms with Crippen molar-refractivity contribution in [3.63, 3.8) is 0 Å². The van der Waals surface area contributed by atoms with E-state index in [2.05, 4.69) is 48.6 Å². The topological polar surface area (TPSA) is 171 Å². The van der Waals surface area contributed by atoms with Gasteiger partial charge in [0, 0.05) is 98.5 Å². The second-order valence-corrected chi connectivity index (χ2v) is 18.7. The summed E-state index contributed by atoms with van der Waals surface area (Å²) in [5, 5.41) is 19.4. The number of hydrazone groups is 2. The van der Waals surface area contributed by atoms with Crippen LogP contribution in [0.3, 0.4) is 0 Å². The summed E-state index contributed by atoms with van der Waals surface area (Å²) >= 11 is 5.94. The number of anilines is 1. The minimum Gasteiger partial charge on any atom is -0.506 e. The van der Waals surface area contributed by atoms with E-state index in [9.17, 15) is 49.9 Å². The number of rotatable bonds is 3. The number of carbonyl (C=O) groups is 4. The van der Waals surface area contributed by atoms with Crippen molar-refractivity contribution in [3.8, 4) is 17.2 Å². The predicted octanol–water partition coefficient (Wildman–Crippen LogP) is 10.4. The van der Waals surface area contributed by atoms with Gasteiger partial charge in [0.05, 0.1) is 39.6 Å². The van der Waals surface area contributed by atoms with Crippen LogP contribution in [0.5, 0.6) is 17.2 Å². The van der Waals surface area contributed by atoms with Gasteiger partial charge >= 0.3 is 24.0 Å². The number of hydrogen-bond acceptors (Lipinski definition) is 10. The zero-order chi connectivity index (χ0) is 52.4. The lowest BCUT2D eigenvalue weighted by molar-refractivity contribution is -0.132. The van der Waals surface area contributed by atoms with Crippen LogP contribution in [0.4, 0.5) is 46.0 Å². The Balaban J connectivity index is 0.000000144. The van der Waals surface area contributed by atoms with Crippen LogP contribution in [0.2, 0.25) is 0 Å². The van der Waals surface area contributed by atoms with Crippen LogP contribution in [0.25, 0.3) is 6.08 Å². The van der Waals surface area contributed by atoms with Crippen LogP contribution in [0, 0.1) is 40.7 Å². The maximum absolute atomic E-state index is 14.3. The third-order valence-electron chi connectivity index (χ3n) is 11.6. The van der Waals surface area contributed by atoms with Crippen molar-refractivity contribution < 1.29 is 64.5 Å². The maximum atomic E-state index is 14.3. The lowest BCUT2D eigenvalue weighted by Gasteiger charge is -2.37. The molecule has 6 aliphatic heterocycles. The van der Waals surface area contributed by atoms with E-state index in [0.717, 1.165) is 34.9 Å². The molecule has 2 saturated heterocycles. The molecule has 0 spiro atoms. The first-order valence-electron chi connectivity index (χ1n) is 21.8. The molecular formula is C50H38Br2F7N7O7. The molecule has 0 saturated carbocycles. The molecular weight excluding hydrogens is 1100 g/mol. The number of esters is 2. The number of nitrogens with two attached hydrogens (primary N) is 1. The van der Waals surface area contributed by atoms with Crippen LogP contribution in [0.1, 0.15) is 52.7 Å². The Labute approximate surface area is 427 Å². The fourth-order valence-electron chi connectivity index (χ4n) is 8.04. The molecule has 0 aliphatic carbocycles. The summed E-state index contributed by atoms with van der Waals surface area (Å²) in [7, 11) is 0. The average Bonchev–Trinajstić information content (AvgIpc) is 4.12. The van der Waals surface area contributed by atoms with Crippen molar-refractivity contribution in [1.82, 2.24) is 19.8 Å². The van der Waals surface area contributed by atoms with Gasteiger partial charge in [-0.05, 0) is 103 Å². The highest BCUT2D eigenvalue weighted by atomic mass is 79.9. The summed E-state index contributed by atoms with van der Waals surface area (Å²) in [5.74, 6) is -4.60. The normalized spacial score (nSPS) is 17.8. The van der Waals surface area contributed by atoms with Gasteiger partial charge in [-0.3, -0.25) is 9.59 Å². The number of phenolic OH excluding ortho intramolecular Hbond substituents is 1. The van der Waals surface area contributed by atoms with E-state index in [1.54, 1.807) is 29.3 Å². The molecule has 0 radical (unpaired) electrons.